The van der Waals surface area contributed by atoms with Crippen molar-refractivity contribution >= 4 is 35.2 Å². The number of carbonyl (C=O) groups is 3. The van der Waals surface area contributed by atoms with E-state index in [-0.39, 0.29) is 17.7 Å². The summed E-state index contributed by atoms with van der Waals surface area (Å²) in [5.74, 6) is -0.0475. The van der Waals surface area contributed by atoms with E-state index in [4.69, 9.17) is 0 Å². The Kier molecular flexibility index (Phi) is 4.40. The lowest BCUT2D eigenvalue weighted by Crippen LogP contribution is -2.24. The van der Waals surface area contributed by atoms with Gasteiger partial charge in [0.05, 0.1) is 16.7 Å². The molecule has 0 aliphatic carbocycles. The fourth-order valence-electron chi connectivity index (χ4n) is 2.57. The van der Waals surface area contributed by atoms with Crippen LogP contribution in [0.25, 0.3) is 0 Å². The minimum Gasteiger partial charge on any atom is -0.322 e. The van der Waals surface area contributed by atoms with E-state index in [0.29, 0.717) is 22.4 Å². The molecule has 0 aromatic heterocycles. The molecule has 5 nitrogen and oxygen atoms in total. The molecular weight excluding hydrogens is 324 g/mol. The second kappa shape index (κ2) is 6.49. The molecule has 0 spiro atoms. The lowest BCUT2D eigenvalue weighted by atomic mass is 10.1. The third-order valence-corrected chi connectivity index (χ3v) is 4.73. The topological polar surface area (TPSA) is 66.5 Å². The van der Waals surface area contributed by atoms with Gasteiger partial charge in [-0.25, -0.2) is 0 Å². The van der Waals surface area contributed by atoms with Gasteiger partial charge in [0.1, 0.15) is 0 Å². The van der Waals surface area contributed by atoms with Gasteiger partial charge in [-0.15, -0.1) is 11.8 Å². The van der Waals surface area contributed by atoms with Gasteiger partial charge >= 0.3 is 0 Å². The van der Waals surface area contributed by atoms with Crippen LogP contribution in [0.3, 0.4) is 0 Å². The molecule has 3 amide bonds. The number of imide groups is 1. The highest BCUT2D eigenvalue weighted by Crippen LogP contribution is 2.26. The minimum absolute atomic E-state index is 0.239. The number of fused-ring (bicyclic) bond motifs is 1. The standard InChI is InChI=1S/C18H16N2O3S/c1-3-24-15-7-5-4-6-13(15)16(21)19-11-8-9-12-14(10-11)18(23)20(2)17(12)22/h4-10H,3H2,1-2H3,(H,19,21). The number of rotatable bonds is 4. The molecule has 0 radical (unpaired) electrons. The van der Waals surface area contributed by atoms with Crippen LogP contribution < -0.4 is 5.32 Å². The summed E-state index contributed by atoms with van der Waals surface area (Å²) in [7, 11) is 1.45. The van der Waals surface area contributed by atoms with Crippen molar-refractivity contribution in [3.8, 4) is 0 Å². The van der Waals surface area contributed by atoms with Crippen LogP contribution in [0.2, 0.25) is 0 Å². The number of carbonyl (C=O) groups excluding carboxylic acids is 3. The average Bonchev–Trinajstić information content (AvgIpc) is 2.80. The molecule has 122 valence electrons. The SMILES string of the molecule is CCSc1ccccc1C(=O)Nc1ccc2c(c1)C(=O)N(C)C2=O. The zero-order valence-corrected chi connectivity index (χ0v) is 14.1. The molecule has 0 atom stereocenters. The van der Waals surface area contributed by atoms with Crippen molar-refractivity contribution in [3.05, 3.63) is 59.2 Å². The van der Waals surface area contributed by atoms with Gasteiger partial charge in [-0.1, -0.05) is 19.1 Å². The van der Waals surface area contributed by atoms with Crippen molar-refractivity contribution in [2.24, 2.45) is 0 Å². The van der Waals surface area contributed by atoms with E-state index < -0.39 is 0 Å². The van der Waals surface area contributed by atoms with E-state index >= 15 is 0 Å². The van der Waals surface area contributed by atoms with Gasteiger partial charge in [-0.3, -0.25) is 19.3 Å². The Morgan fingerprint density at radius 3 is 2.54 bits per heavy atom. The van der Waals surface area contributed by atoms with Gasteiger partial charge in [0.25, 0.3) is 17.7 Å². The second-order valence-corrected chi connectivity index (χ2v) is 6.62. The molecule has 0 fully saturated rings. The van der Waals surface area contributed by atoms with Crippen LogP contribution in [-0.2, 0) is 0 Å². The third kappa shape index (κ3) is 2.80. The van der Waals surface area contributed by atoms with Crippen molar-refractivity contribution in [2.75, 3.05) is 18.1 Å². The molecule has 0 unspecified atom stereocenters. The first kappa shape index (κ1) is 16.3. The summed E-state index contributed by atoms with van der Waals surface area (Å²) >= 11 is 1.60. The minimum atomic E-state index is -0.354. The second-order valence-electron chi connectivity index (χ2n) is 5.31. The highest BCUT2D eigenvalue weighted by molar-refractivity contribution is 7.99. The first-order chi connectivity index (χ1) is 11.5. The van der Waals surface area contributed by atoms with Crippen LogP contribution in [0.5, 0.6) is 0 Å². The van der Waals surface area contributed by atoms with Crippen molar-refractivity contribution in [3.63, 3.8) is 0 Å². The van der Waals surface area contributed by atoms with Gasteiger partial charge in [0.2, 0.25) is 0 Å². The third-order valence-electron chi connectivity index (χ3n) is 3.78. The van der Waals surface area contributed by atoms with E-state index in [1.807, 2.05) is 25.1 Å². The normalized spacial score (nSPS) is 13.2. The molecule has 1 N–H and O–H groups in total. The Morgan fingerprint density at radius 2 is 1.79 bits per heavy atom. The largest absolute Gasteiger partial charge is 0.322 e. The number of amides is 3. The summed E-state index contributed by atoms with van der Waals surface area (Å²) < 4.78 is 0. The molecule has 0 bridgehead atoms. The van der Waals surface area contributed by atoms with Gasteiger partial charge in [-0.2, -0.15) is 0 Å². The number of hydrogen-bond donors (Lipinski definition) is 1. The van der Waals surface area contributed by atoms with Crippen molar-refractivity contribution < 1.29 is 14.4 Å². The van der Waals surface area contributed by atoms with E-state index in [2.05, 4.69) is 5.32 Å². The number of anilines is 1. The lowest BCUT2D eigenvalue weighted by molar-refractivity contribution is 0.0692. The number of thioether (sulfide) groups is 1. The predicted octanol–water partition coefficient (Wildman–Crippen LogP) is 3.28. The Hall–Kier alpha value is -2.60. The maximum absolute atomic E-state index is 12.5. The zero-order chi connectivity index (χ0) is 17.3. The van der Waals surface area contributed by atoms with Crippen LogP contribution >= 0.6 is 11.8 Å². The van der Waals surface area contributed by atoms with Crippen molar-refractivity contribution in [2.45, 2.75) is 11.8 Å². The molecule has 6 heteroatoms. The summed E-state index contributed by atoms with van der Waals surface area (Å²) in [5, 5.41) is 2.80. The van der Waals surface area contributed by atoms with Crippen LogP contribution in [-0.4, -0.2) is 35.4 Å². The number of nitrogens with one attached hydrogen (secondary N) is 1. The summed E-state index contributed by atoms with van der Waals surface area (Å²) in [5.41, 5.74) is 1.76. The molecule has 2 aromatic rings. The van der Waals surface area contributed by atoms with Crippen LogP contribution in [0.15, 0.2) is 47.4 Å². The summed E-state index contributed by atoms with van der Waals surface area (Å²) in [6.45, 7) is 2.03. The molecular formula is C18H16N2O3S. The maximum atomic E-state index is 12.5. The van der Waals surface area contributed by atoms with Crippen LogP contribution in [0.1, 0.15) is 38.0 Å². The molecule has 0 saturated heterocycles. The molecule has 0 saturated carbocycles. The summed E-state index contributed by atoms with van der Waals surface area (Å²) in [6, 6.07) is 12.1. The molecule has 24 heavy (non-hydrogen) atoms. The van der Waals surface area contributed by atoms with Gasteiger partial charge in [0.15, 0.2) is 0 Å². The van der Waals surface area contributed by atoms with Crippen LogP contribution in [0, 0.1) is 0 Å². The van der Waals surface area contributed by atoms with Crippen molar-refractivity contribution in [1.82, 2.24) is 4.90 Å². The molecule has 3 rings (SSSR count). The average molecular weight is 340 g/mol. The predicted molar refractivity (Wildman–Crippen MR) is 93.7 cm³/mol. The van der Waals surface area contributed by atoms with E-state index in [1.165, 1.54) is 7.05 Å². The Labute approximate surface area is 144 Å². The van der Waals surface area contributed by atoms with Gasteiger partial charge in [0, 0.05) is 17.6 Å². The monoisotopic (exact) mass is 340 g/mol. The number of hydrogen-bond acceptors (Lipinski definition) is 4. The van der Waals surface area contributed by atoms with Gasteiger partial charge < -0.3 is 5.32 Å². The van der Waals surface area contributed by atoms with Gasteiger partial charge in [-0.05, 0) is 36.1 Å². The first-order valence-corrected chi connectivity index (χ1v) is 8.51. The Bertz CT molecular complexity index is 848. The van der Waals surface area contributed by atoms with Crippen LogP contribution in [0.4, 0.5) is 5.69 Å². The van der Waals surface area contributed by atoms with E-state index in [0.717, 1.165) is 15.5 Å². The highest BCUT2D eigenvalue weighted by Gasteiger charge is 2.32. The van der Waals surface area contributed by atoms with E-state index in [9.17, 15) is 14.4 Å². The van der Waals surface area contributed by atoms with Crippen molar-refractivity contribution in [1.29, 1.82) is 0 Å². The Morgan fingerprint density at radius 1 is 1.08 bits per heavy atom. The number of nitrogens with zero attached hydrogens (tertiary/aromatic N) is 1. The highest BCUT2D eigenvalue weighted by atomic mass is 32.2. The summed E-state index contributed by atoms with van der Waals surface area (Å²) in [4.78, 5) is 38.5. The fraction of sp³-hybridized carbons (Fsp3) is 0.167. The quantitative estimate of drug-likeness (QED) is 0.685. The molecule has 2 aromatic carbocycles. The first-order valence-electron chi connectivity index (χ1n) is 7.52. The maximum Gasteiger partial charge on any atom is 0.261 e. The molecule has 1 aliphatic rings. The molecule has 1 aliphatic heterocycles. The smallest absolute Gasteiger partial charge is 0.261 e. The zero-order valence-electron chi connectivity index (χ0n) is 13.3. The Balaban J connectivity index is 1.87. The van der Waals surface area contributed by atoms with E-state index in [1.54, 1.807) is 36.0 Å². The summed E-state index contributed by atoms with van der Waals surface area (Å²) in [6.07, 6.45) is 0. The number of benzene rings is 2. The fourth-order valence-corrected chi connectivity index (χ4v) is 3.38. The molecule has 1 heterocycles. The lowest BCUT2D eigenvalue weighted by Gasteiger charge is -2.09.